The maximum absolute atomic E-state index is 12.2. The standard InChI is InChI=1S/C19H21N3O6/c1-3-27-15-7-4-13(5-8-15)11-21(2)18(23)12-28-19(24)16-10-14(22(25)26)6-9-17(16)20/h4-10H,3,11-12,20H2,1-2H3. The van der Waals surface area contributed by atoms with Crippen molar-refractivity contribution in [1.82, 2.24) is 4.90 Å². The van der Waals surface area contributed by atoms with E-state index in [0.29, 0.717) is 13.2 Å². The number of nitrogen functional groups attached to an aromatic ring is 1. The average Bonchev–Trinajstić information content (AvgIpc) is 2.67. The van der Waals surface area contributed by atoms with E-state index in [-0.39, 0.29) is 16.9 Å². The van der Waals surface area contributed by atoms with Crippen LogP contribution in [0.4, 0.5) is 11.4 Å². The Morgan fingerprint density at radius 1 is 1.18 bits per heavy atom. The molecule has 9 nitrogen and oxygen atoms in total. The quantitative estimate of drug-likeness (QED) is 0.319. The van der Waals surface area contributed by atoms with Crippen molar-refractivity contribution in [2.24, 2.45) is 0 Å². The Balaban J connectivity index is 1.93. The zero-order valence-electron chi connectivity index (χ0n) is 15.6. The van der Waals surface area contributed by atoms with Crippen LogP contribution >= 0.6 is 0 Å². The minimum Gasteiger partial charge on any atom is -0.494 e. The number of ether oxygens (including phenoxy) is 2. The van der Waals surface area contributed by atoms with Crippen LogP contribution in [-0.2, 0) is 16.1 Å². The Kier molecular flexibility index (Phi) is 6.91. The molecule has 0 unspecified atom stereocenters. The molecule has 2 aromatic rings. The fourth-order valence-corrected chi connectivity index (χ4v) is 2.37. The second-order valence-electron chi connectivity index (χ2n) is 5.93. The zero-order chi connectivity index (χ0) is 20.7. The number of non-ortho nitro benzene ring substituents is 1. The summed E-state index contributed by atoms with van der Waals surface area (Å²) in [5, 5.41) is 10.8. The summed E-state index contributed by atoms with van der Waals surface area (Å²) in [7, 11) is 1.58. The van der Waals surface area contributed by atoms with Gasteiger partial charge in [-0.25, -0.2) is 4.79 Å². The molecule has 0 spiro atoms. The van der Waals surface area contributed by atoms with Gasteiger partial charge in [-0.1, -0.05) is 12.1 Å². The molecule has 0 saturated carbocycles. The summed E-state index contributed by atoms with van der Waals surface area (Å²) in [6.45, 7) is 2.28. The van der Waals surface area contributed by atoms with Crippen molar-refractivity contribution in [1.29, 1.82) is 0 Å². The summed E-state index contributed by atoms with van der Waals surface area (Å²) in [6.07, 6.45) is 0. The topological polar surface area (TPSA) is 125 Å². The van der Waals surface area contributed by atoms with Crippen LogP contribution in [0.15, 0.2) is 42.5 Å². The van der Waals surface area contributed by atoms with E-state index in [1.54, 1.807) is 7.05 Å². The molecule has 0 aliphatic carbocycles. The lowest BCUT2D eigenvalue weighted by Crippen LogP contribution is -2.30. The summed E-state index contributed by atoms with van der Waals surface area (Å²) in [4.78, 5) is 35.9. The molecule has 9 heteroatoms. The Morgan fingerprint density at radius 3 is 2.46 bits per heavy atom. The van der Waals surface area contributed by atoms with Gasteiger partial charge in [-0.3, -0.25) is 14.9 Å². The van der Waals surface area contributed by atoms with Gasteiger partial charge in [0.1, 0.15) is 5.75 Å². The lowest BCUT2D eigenvalue weighted by Gasteiger charge is -2.17. The maximum Gasteiger partial charge on any atom is 0.341 e. The van der Waals surface area contributed by atoms with Gasteiger partial charge in [-0.15, -0.1) is 0 Å². The second kappa shape index (κ2) is 9.36. The number of hydrogen-bond donors (Lipinski definition) is 1. The van der Waals surface area contributed by atoms with Crippen LogP contribution in [0.3, 0.4) is 0 Å². The first kappa shape index (κ1) is 20.7. The third kappa shape index (κ3) is 5.44. The van der Waals surface area contributed by atoms with Crippen molar-refractivity contribution in [3.63, 3.8) is 0 Å². The molecule has 0 radical (unpaired) electrons. The van der Waals surface area contributed by atoms with Crippen molar-refractivity contribution in [2.45, 2.75) is 13.5 Å². The number of esters is 1. The van der Waals surface area contributed by atoms with Gasteiger partial charge >= 0.3 is 5.97 Å². The van der Waals surface area contributed by atoms with Crippen molar-refractivity contribution < 1.29 is 24.0 Å². The number of benzene rings is 2. The average molecular weight is 387 g/mol. The molecule has 0 aliphatic heterocycles. The Labute approximate surface area is 161 Å². The highest BCUT2D eigenvalue weighted by atomic mass is 16.6. The van der Waals surface area contributed by atoms with Gasteiger partial charge in [0.25, 0.3) is 11.6 Å². The van der Waals surface area contributed by atoms with E-state index in [1.165, 1.54) is 17.0 Å². The molecule has 0 atom stereocenters. The van der Waals surface area contributed by atoms with Gasteiger partial charge in [-0.2, -0.15) is 0 Å². The molecule has 148 valence electrons. The summed E-state index contributed by atoms with van der Waals surface area (Å²) < 4.78 is 10.3. The summed E-state index contributed by atoms with van der Waals surface area (Å²) in [5.74, 6) is -0.584. The fraction of sp³-hybridized carbons (Fsp3) is 0.263. The van der Waals surface area contributed by atoms with Crippen molar-refractivity contribution in [2.75, 3.05) is 26.0 Å². The summed E-state index contributed by atoms with van der Waals surface area (Å²) >= 11 is 0. The minimum atomic E-state index is -0.899. The van der Waals surface area contributed by atoms with E-state index in [0.717, 1.165) is 17.4 Å². The molecule has 28 heavy (non-hydrogen) atoms. The highest BCUT2D eigenvalue weighted by Crippen LogP contribution is 2.20. The zero-order valence-corrected chi connectivity index (χ0v) is 15.6. The fourth-order valence-electron chi connectivity index (χ4n) is 2.37. The second-order valence-corrected chi connectivity index (χ2v) is 5.93. The lowest BCUT2D eigenvalue weighted by atomic mass is 10.1. The smallest absolute Gasteiger partial charge is 0.341 e. The van der Waals surface area contributed by atoms with E-state index < -0.39 is 23.4 Å². The number of nitrogens with zero attached hydrogens (tertiary/aromatic N) is 2. The van der Waals surface area contributed by atoms with Crippen molar-refractivity contribution in [3.8, 4) is 5.75 Å². The molecule has 1 amide bonds. The highest BCUT2D eigenvalue weighted by Gasteiger charge is 2.19. The molecule has 0 heterocycles. The lowest BCUT2D eigenvalue weighted by molar-refractivity contribution is -0.384. The van der Waals surface area contributed by atoms with Gasteiger partial charge in [0.05, 0.1) is 17.1 Å². The summed E-state index contributed by atoms with van der Waals surface area (Å²) in [5.41, 5.74) is 6.13. The number of hydrogen-bond acceptors (Lipinski definition) is 7. The molecule has 0 aromatic heterocycles. The van der Waals surface area contributed by atoms with Gasteiger partial charge in [0.2, 0.25) is 0 Å². The SMILES string of the molecule is CCOc1ccc(CN(C)C(=O)COC(=O)c2cc([N+](=O)[O-])ccc2N)cc1. The Bertz CT molecular complexity index is 866. The number of amides is 1. The molecule has 0 fully saturated rings. The molecule has 2 aromatic carbocycles. The number of anilines is 1. The Hall–Kier alpha value is -3.62. The molecule has 2 rings (SSSR count). The van der Waals surface area contributed by atoms with Gasteiger partial charge in [-0.05, 0) is 30.7 Å². The third-order valence-corrected chi connectivity index (χ3v) is 3.87. The number of rotatable bonds is 8. The number of likely N-dealkylation sites (N-methyl/N-ethyl adjacent to an activating group) is 1. The first-order chi connectivity index (χ1) is 13.3. The minimum absolute atomic E-state index is 0.0331. The monoisotopic (exact) mass is 387 g/mol. The van der Waals surface area contributed by atoms with Gasteiger partial charge < -0.3 is 20.1 Å². The van der Waals surface area contributed by atoms with E-state index in [2.05, 4.69) is 0 Å². The van der Waals surface area contributed by atoms with Crippen LogP contribution in [0.1, 0.15) is 22.8 Å². The molecular formula is C19H21N3O6. The number of carbonyl (C=O) groups excluding carboxylic acids is 2. The number of nitro groups is 1. The molecule has 0 bridgehead atoms. The molecular weight excluding hydrogens is 366 g/mol. The predicted octanol–water partition coefficient (Wildman–Crippen LogP) is 2.39. The molecule has 0 aliphatic rings. The third-order valence-electron chi connectivity index (χ3n) is 3.87. The summed E-state index contributed by atoms with van der Waals surface area (Å²) in [6, 6.07) is 10.7. The van der Waals surface area contributed by atoms with Crippen LogP contribution in [0.5, 0.6) is 5.75 Å². The van der Waals surface area contributed by atoms with Crippen LogP contribution < -0.4 is 10.5 Å². The first-order valence-electron chi connectivity index (χ1n) is 8.48. The Morgan fingerprint density at radius 2 is 1.86 bits per heavy atom. The van der Waals surface area contributed by atoms with E-state index in [4.69, 9.17) is 15.2 Å². The predicted molar refractivity (Wildman–Crippen MR) is 102 cm³/mol. The number of nitrogens with two attached hydrogens (primary N) is 1. The van der Waals surface area contributed by atoms with Gasteiger partial charge in [0.15, 0.2) is 6.61 Å². The van der Waals surface area contributed by atoms with E-state index >= 15 is 0 Å². The van der Waals surface area contributed by atoms with E-state index in [9.17, 15) is 19.7 Å². The first-order valence-corrected chi connectivity index (χ1v) is 8.48. The molecule has 0 saturated heterocycles. The van der Waals surface area contributed by atoms with Crippen LogP contribution in [0.2, 0.25) is 0 Å². The van der Waals surface area contributed by atoms with E-state index in [1.807, 2.05) is 31.2 Å². The van der Waals surface area contributed by atoms with Crippen LogP contribution in [0, 0.1) is 10.1 Å². The highest BCUT2D eigenvalue weighted by molar-refractivity contribution is 5.96. The maximum atomic E-state index is 12.2. The van der Waals surface area contributed by atoms with Crippen LogP contribution in [0.25, 0.3) is 0 Å². The van der Waals surface area contributed by atoms with Gasteiger partial charge in [0, 0.05) is 31.4 Å². The van der Waals surface area contributed by atoms with Crippen LogP contribution in [-0.4, -0.2) is 42.0 Å². The normalized spacial score (nSPS) is 10.2. The number of carbonyl (C=O) groups is 2. The molecule has 2 N–H and O–H groups in total. The largest absolute Gasteiger partial charge is 0.494 e. The van der Waals surface area contributed by atoms with Crippen molar-refractivity contribution in [3.05, 3.63) is 63.7 Å². The van der Waals surface area contributed by atoms with Crippen molar-refractivity contribution >= 4 is 23.3 Å². The number of nitro benzene ring substituents is 1.